The number of hydrogen-bond acceptors (Lipinski definition) is 4. The Morgan fingerprint density at radius 1 is 0.833 bits per heavy atom. The zero-order chi connectivity index (χ0) is 14.0. The highest BCUT2D eigenvalue weighted by Crippen LogP contribution is 2.29. The van der Waals surface area contributed by atoms with Gasteiger partial charge in [-0.05, 0) is 24.7 Å². The molecule has 0 amide bonds. The Balaban J connectivity index is 4.62. The molecule has 0 saturated carbocycles. The maximum atomic E-state index is 11.4. The van der Waals surface area contributed by atoms with E-state index in [-0.39, 0.29) is 23.8 Å². The molecule has 106 valence electrons. The van der Waals surface area contributed by atoms with Gasteiger partial charge in [0, 0.05) is 12.8 Å². The number of esters is 2. The first-order valence-electron chi connectivity index (χ1n) is 6.72. The van der Waals surface area contributed by atoms with Crippen molar-refractivity contribution in [3.63, 3.8) is 0 Å². The molecule has 18 heavy (non-hydrogen) atoms. The van der Waals surface area contributed by atoms with Gasteiger partial charge in [0.15, 0.2) is 0 Å². The number of hydrogen-bond donors (Lipinski definition) is 0. The Labute approximate surface area is 110 Å². The lowest BCUT2D eigenvalue weighted by molar-refractivity contribution is -0.145. The van der Waals surface area contributed by atoms with Crippen LogP contribution >= 0.6 is 0 Å². The van der Waals surface area contributed by atoms with Crippen LogP contribution in [-0.2, 0) is 19.1 Å². The van der Waals surface area contributed by atoms with Gasteiger partial charge < -0.3 is 9.47 Å². The van der Waals surface area contributed by atoms with Crippen LogP contribution < -0.4 is 0 Å². The molecule has 0 aliphatic rings. The third kappa shape index (κ3) is 6.62. The van der Waals surface area contributed by atoms with Gasteiger partial charge in [-0.3, -0.25) is 9.59 Å². The molecule has 0 rings (SSSR count). The Kier molecular flexibility index (Phi) is 9.33. The van der Waals surface area contributed by atoms with Crippen LogP contribution in [0.5, 0.6) is 0 Å². The van der Waals surface area contributed by atoms with Gasteiger partial charge in [-0.25, -0.2) is 0 Å². The molecule has 4 heteroatoms. The van der Waals surface area contributed by atoms with Crippen molar-refractivity contribution in [2.75, 3.05) is 14.2 Å². The van der Waals surface area contributed by atoms with Crippen LogP contribution in [0, 0.1) is 11.8 Å². The highest BCUT2D eigenvalue weighted by molar-refractivity contribution is 5.71. The average Bonchev–Trinajstić information content (AvgIpc) is 2.37. The van der Waals surface area contributed by atoms with Gasteiger partial charge in [0.25, 0.3) is 0 Å². The smallest absolute Gasteiger partial charge is 0.305 e. The predicted octanol–water partition coefficient (Wildman–Crippen LogP) is 2.95. The van der Waals surface area contributed by atoms with Crippen molar-refractivity contribution in [3.8, 4) is 0 Å². The normalized spacial score (nSPS) is 13.8. The highest BCUT2D eigenvalue weighted by Gasteiger charge is 2.25. The van der Waals surface area contributed by atoms with E-state index < -0.39 is 0 Å². The number of ether oxygens (including phenoxy) is 2. The molecule has 0 radical (unpaired) electrons. The Hall–Kier alpha value is -1.06. The van der Waals surface area contributed by atoms with E-state index in [1.807, 2.05) is 0 Å². The van der Waals surface area contributed by atoms with E-state index in [1.54, 1.807) is 0 Å². The zero-order valence-corrected chi connectivity index (χ0v) is 12.0. The Morgan fingerprint density at radius 3 is 1.39 bits per heavy atom. The summed E-state index contributed by atoms with van der Waals surface area (Å²) < 4.78 is 9.46. The molecule has 0 aliphatic heterocycles. The van der Waals surface area contributed by atoms with Crippen molar-refractivity contribution in [3.05, 3.63) is 0 Å². The van der Waals surface area contributed by atoms with Gasteiger partial charge in [-0.15, -0.1) is 0 Å². The van der Waals surface area contributed by atoms with E-state index in [0.717, 1.165) is 25.7 Å². The van der Waals surface area contributed by atoms with Crippen LogP contribution in [0.2, 0.25) is 0 Å². The maximum Gasteiger partial charge on any atom is 0.305 e. The first kappa shape index (κ1) is 16.9. The van der Waals surface area contributed by atoms with E-state index >= 15 is 0 Å². The van der Waals surface area contributed by atoms with Crippen LogP contribution in [0.3, 0.4) is 0 Å². The summed E-state index contributed by atoms with van der Waals surface area (Å²) in [6, 6.07) is 0. The van der Waals surface area contributed by atoms with Crippen molar-refractivity contribution in [1.82, 2.24) is 0 Å². The Morgan fingerprint density at radius 2 is 1.17 bits per heavy atom. The molecule has 0 saturated heterocycles. The van der Waals surface area contributed by atoms with Gasteiger partial charge in [0.1, 0.15) is 0 Å². The second-order valence-electron chi connectivity index (χ2n) is 4.66. The fraction of sp³-hybridized carbons (Fsp3) is 0.857. The molecule has 0 aromatic rings. The fourth-order valence-electron chi connectivity index (χ4n) is 2.35. The summed E-state index contributed by atoms with van der Waals surface area (Å²) in [5.74, 6) is 0.0295. The maximum absolute atomic E-state index is 11.4. The third-order valence-electron chi connectivity index (χ3n) is 3.30. The molecule has 0 aliphatic carbocycles. The zero-order valence-electron chi connectivity index (χ0n) is 12.0. The molecule has 0 aromatic carbocycles. The molecule has 0 spiro atoms. The summed E-state index contributed by atoms with van der Waals surface area (Å²) in [4.78, 5) is 22.8. The van der Waals surface area contributed by atoms with Gasteiger partial charge >= 0.3 is 11.9 Å². The fourth-order valence-corrected chi connectivity index (χ4v) is 2.35. The van der Waals surface area contributed by atoms with Crippen molar-refractivity contribution in [2.45, 2.75) is 52.4 Å². The topological polar surface area (TPSA) is 52.6 Å². The largest absolute Gasteiger partial charge is 0.469 e. The van der Waals surface area contributed by atoms with Gasteiger partial charge in [0.05, 0.1) is 14.2 Å². The van der Waals surface area contributed by atoms with Gasteiger partial charge in [-0.1, -0.05) is 26.7 Å². The van der Waals surface area contributed by atoms with E-state index in [1.165, 1.54) is 14.2 Å². The predicted molar refractivity (Wildman–Crippen MR) is 70.1 cm³/mol. The number of carbonyl (C=O) groups is 2. The van der Waals surface area contributed by atoms with Crippen LogP contribution in [-0.4, -0.2) is 26.2 Å². The van der Waals surface area contributed by atoms with E-state index in [9.17, 15) is 9.59 Å². The number of methoxy groups -OCH3 is 2. The summed E-state index contributed by atoms with van der Waals surface area (Å²) in [5.41, 5.74) is 0. The summed E-state index contributed by atoms with van der Waals surface area (Å²) in [6.45, 7) is 4.18. The molecule has 0 heterocycles. The molecular weight excluding hydrogens is 232 g/mol. The summed E-state index contributed by atoms with van der Waals surface area (Å²) in [6.07, 6.45) is 4.68. The van der Waals surface area contributed by atoms with E-state index in [4.69, 9.17) is 9.47 Å². The quantitative estimate of drug-likeness (QED) is 0.597. The van der Waals surface area contributed by atoms with Crippen LogP contribution in [0.25, 0.3) is 0 Å². The summed E-state index contributed by atoms with van der Waals surface area (Å²) in [5, 5.41) is 0. The Bertz CT molecular complexity index is 224. The lowest BCUT2D eigenvalue weighted by Crippen LogP contribution is -2.22. The molecule has 0 aromatic heterocycles. The summed E-state index contributed by atoms with van der Waals surface area (Å²) in [7, 11) is 2.81. The molecule has 0 N–H and O–H groups in total. The van der Waals surface area contributed by atoms with Crippen LogP contribution in [0.4, 0.5) is 0 Å². The molecular formula is C14H26O4. The van der Waals surface area contributed by atoms with Crippen LogP contribution in [0.1, 0.15) is 52.4 Å². The van der Waals surface area contributed by atoms with Crippen molar-refractivity contribution in [2.24, 2.45) is 11.8 Å². The van der Waals surface area contributed by atoms with Crippen LogP contribution in [0.15, 0.2) is 0 Å². The minimum Gasteiger partial charge on any atom is -0.469 e. The second-order valence-corrected chi connectivity index (χ2v) is 4.66. The molecule has 0 bridgehead atoms. The number of rotatable bonds is 9. The number of carbonyl (C=O) groups excluding carboxylic acids is 2. The van der Waals surface area contributed by atoms with Gasteiger partial charge in [0.2, 0.25) is 0 Å². The minimum atomic E-state index is -0.195. The van der Waals surface area contributed by atoms with Crippen molar-refractivity contribution >= 4 is 11.9 Å². The standard InChI is InChI=1S/C14H26O4/c1-5-7-11(9-13(15)17-3)12(8-6-2)10-14(16)18-4/h11-12H,5-10H2,1-4H3. The van der Waals surface area contributed by atoms with Gasteiger partial charge in [-0.2, -0.15) is 0 Å². The minimum absolute atomic E-state index is 0.195. The van der Waals surface area contributed by atoms with Crippen molar-refractivity contribution in [1.29, 1.82) is 0 Å². The molecule has 2 atom stereocenters. The lowest BCUT2D eigenvalue weighted by Gasteiger charge is -2.25. The van der Waals surface area contributed by atoms with E-state index in [0.29, 0.717) is 12.8 Å². The first-order chi connectivity index (χ1) is 8.58. The summed E-state index contributed by atoms with van der Waals surface area (Å²) >= 11 is 0. The molecule has 4 nitrogen and oxygen atoms in total. The average molecular weight is 258 g/mol. The monoisotopic (exact) mass is 258 g/mol. The highest BCUT2D eigenvalue weighted by atomic mass is 16.5. The second kappa shape index (κ2) is 9.92. The third-order valence-corrected chi connectivity index (χ3v) is 3.30. The molecule has 2 unspecified atom stereocenters. The molecule has 0 fully saturated rings. The van der Waals surface area contributed by atoms with E-state index in [2.05, 4.69) is 13.8 Å². The SMILES string of the molecule is CCCC(CC(=O)OC)C(CCC)CC(=O)OC. The lowest BCUT2D eigenvalue weighted by atomic mass is 9.81. The van der Waals surface area contributed by atoms with Crippen molar-refractivity contribution < 1.29 is 19.1 Å². The first-order valence-corrected chi connectivity index (χ1v) is 6.72.